The average Bonchev–Trinajstić information content (AvgIpc) is 2.45. The van der Waals surface area contributed by atoms with Gasteiger partial charge in [0.15, 0.2) is 0 Å². The Kier molecular flexibility index (Phi) is 5.01. The lowest BCUT2D eigenvalue weighted by Gasteiger charge is -2.16. The van der Waals surface area contributed by atoms with Gasteiger partial charge in [-0.15, -0.1) is 11.8 Å². The zero-order valence-electron chi connectivity index (χ0n) is 11.7. The Hall–Kier alpha value is -1.78. The molecule has 1 nitrogen and oxygen atoms in total. The second kappa shape index (κ2) is 6.97. The molecular formula is C18H21N. The third kappa shape index (κ3) is 3.59. The molecule has 0 saturated carbocycles. The van der Waals surface area contributed by atoms with Crippen molar-refractivity contribution in [1.82, 2.24) is 5.32 Å². The van der Waals surface area contributed by atoms with Crippen molar-refractivity contribution < 1.29 is 0 Å². The number of hydrogen-bond donors (Lipinski definition) is 1. The molecule has 1 N–H and O–H groups in total. The van der Waals surface area contributed by atoms with Crippen LogP contribution in [0.5, 0.6) is 0 Å². The first kappa shape index (κ1) is 13.6. The van der Waals surface area contributed by atoms with E-state index in [2.05, 4.69) is 66.5 Å². The Morgan fingerprint density at radius 1 is 1.11 bits per heavy atom. The lowest BCUT2D eigenvalue weighted by Crippen LogP contribution is -2.30. The molecule has 0 radical (unpaired) electrons. The molecule has 2 aromatic carbocycles. The standard InChI is InChI=1S/C18H21N/c1-3-5-12-17(19-4-2)14-16-11-8-10-15-9-6-7-13-18(15)16/h6-11,13,17,19H,4,12,14H2,1-2H3. The van der Waals surface area contributed by atoms with E-state index in [1.165, 1.54) is 16.3 Å². The number of fused-ring (bicyclic) bond motifs is 1. The smallest absolute Gasteiger partial charge is 0.0246 e. The molecule has 0 spiro atoms. The van der Waals surface area contributed by atoms with Gasteiger partial charge < -0.3 is 5.32 Å². The van der Waals surface area contributed by atoms with Gasteiger partial charge in [-0.3, -0.25) is 0 Å². The summed E-state index contributed by atoms with van der Waals surface area (Å²) in [4.78, 5) is 0. The average molecular weight is 251 g/mol. The molecule has 0 fully saturated rings. The van der Waals surface area contributed by atoms with E-state index in [-0.39, 0.29) is 0 Å². The normalized spacial score (nSPS) is 11.9. The van der Waals surface area contributed by atoms with Crippen molar-refractivity contribution in [1.29, 1.82) is 0 Å². The highest BCUT2D eigenvalue weighted by Gasteiger charge is 2.09. The zero-order chi connectivity index (χ0) is 13.5. The number of hydrogen-bond acceptors (Lipinski definition) is 1. The third-order valence-electron chi connectivity index (χ3n) is 3.36. The molecule has 0 saturated heterocycles. The maximum absolute atomic E-state index is 3.53. The summed E-state index contributed by atoms with van der Waals surface area (Å²) in [5.74, 6) is 6.18. The van der Waals surface area contributed by atoms with E-state index in [9.17, 15) is 0 Å². The molecule has 0 heterocycles. The highest BCUT2D eigenvalue weighted by Crippen LogP contribution is 2.20. The van der Waals surface area contributed by atoms with Gasteiger partial charge in [0.1, 0.15) is 0 Å². The van der Waals surface area contributed by atoms with Crippen molar-refractivity contribution in [2.24, 2.45) is 0 Å². The summed E-state index contributed by atoms with van der Waals surface area (Å²) in [5, 5.41) is 6.20. The molecule has 0 amide bonds. The van der Waals surface area contributed by atoms with Gasteiger partial charge in [0.2, 0.25) is 0 Å². The number of rotatable bonds is 5. The van der Waals surface area contributed by atoms with E-state index in [1.54, 1.807) is 0 Å². The van der Waals surface area contributed by atoms with Crippen LogP contribution < -0.4 is 5.32 Å². The Balaban J connectivity index is 2.24. The highest BCUT2D eigenvalue weighted by molar-refractivity contribution is 5.85. The Bertz CT molecular complexity index is 584. The number of benzene rings is 2. The summed E-state index contributed by atoms with van der Waals surface area (Å²) in [5.41, 5.74) is 1.40. The van der Waals surface area contributed by atoms with E-state index in [4.69, 9.17) is 0 Å². The summed E-state index contributed by atoms with van der Waals surface area (Å²) in [6.07, 6.45) is 1.94. The summed E-state index contributed by atoms with van der Waals surface area (Å²) < 4.78 is 0. The van der Waals surface area contributed by atoms with Crippen LogP contribution in [0.25, 0.3) is 10.8 Å². The molecule has 0 bridgehead atoms. The molecule has 1 unspecified atom stereocenters. The van der Waals surface area contributed by atoms with Crippen molar-refractivity contribution in [2.45, 2.75) is 32.7 Å². The van der Waals surface area contributed by atoms with E-state index in [0.29, 0.717) is 6.04 Å². The predicted octanol–water partition coefficient (Wildman–Crippen LogP) is 3.77. The first-order chi connectivity index (χ1) is 9.35. The van der Waals surface area contributed by atoms with Crippen LogP contribution in [0.1, 0.15) is 25.8 Å². The topological polar surface area (TPSA) is 12.0 Å². The zero-order valence-corrected chi connectivity index (χ0v) is 11.7. The molecule has 1 atom stereocenters. The maximum Gasteiger partial charge on any atom is 0.0246 e. The highest BCUT2D eigenvalue weighted by atomic mass is 14.9. The van der Waals surface area contributed by atoms with Crippen molar-refractivity contribution >= 4 is 10.8 Å². The molecule has 2 aromatic rings. The van der Waals surface area contributed by atoms with Crippen molar-refractivity contribution in [3.8, 4) is 11.8 Å². The van der Waals surface area contributed by atoms with Crippen LogP contribution in [0.4, 0.5) is 0 Å². The van der Waals surface area contributed by atoms with Crippen LogP contribution >= 0.6 is 0 Å². The summed E-state index contributed by atoms with van der Waals surface area (Å²) in [6, 6.07) is 15.6. The predicted molar refractivity (Wildman–Crippen MR) is 83.2 cm³/mol. The molecule has 0 aliphatic carbocycles. The lowest BCUT2D eigenvalue weighted by atomic mass is 9.97. The molecular weight excluding hydrogens is 230 g/mol. The molecule has 0 aliphatic heterocycles. The maximum atomic E-state index is 3.53. The van der Waals surface area contributed by atoms with E-state index >= 15 is 0 Å². The van der Waals surface area contributed by atoms with Crippen LogP contribution in [-0.4, -0.2) is 12.6 Å². The van der Waals surface area contributed by atoms with Crippen LogP contribution in [0.2, 0.25) is 0 Å². The minimum Gasteiger partial charge on any atom is -0.313 e. The molecule has 98 valence electrons. The molecule has 0 aliphatic rings. The number of likely N-dealkylation sites (N-methyl/N-ethyl adjacent to an activating group) is 1. The molecule has 2 rings (SSSR count). The Morgan fingerprint density at radius 3 is 2.68 bits per heavy atom. The summed E-state index contributed by atoms with van der Waals surface area (Å²) >= 11 is 0. The van der Waals surface area contributed by atoms with Gasteiger partial charge in [-0.1, -0.05) is 49.4 Å². The van der Waals surface area contributed by atoms with Gasteiger partial charge in [0.25, 0.3) is 0 Å². The van der Waals surface area contributed by atoms with E-state index in [1.807, 2.05) is 6.92 Å². The van der Waals surface area contributed by atoms with Crippen molar-refractivity contribution in [2.75, 3.05) is 6.54 Å². The fourth-order valence-electron chi connectivity index (χ4n) is 2.47. The number of nitrogens with one attached hydrogen (secondary N) is 1. The Morgan fingerprint density at radius 2 is 1.89 bits per heavy atom. The summed E-state index contributed by atoms with van der Waals surface area (Å²) in [6.45, 7) is 5.04. The minimum atomic E-state index is 0.434. The first-order valence-corrected chi connectivity index (χ1v) is 6.94. The van der Waals surface area contributed by atoms with Gasteiger partial charge >= 0.3 is 0 Å². The molecule has 1 heteroatoms. The van der Waals surface area contributed by atoms with Gasteiger partial charge in [0, 0.05) is 12.5 Å². The van der Waals surface area contributed by atoms with Crippen molar-refractivity contribution in [3.63, 3.8) is 0 Å². The lowest BCUT2D eigenvalue weighted by molar-refractivity contribution is 0.536. The molecule has 19 heavy (non-hydrogen) atoms. The van der Waals surface area contributed by atoms with Gasteiger partial charge in [-0.2, -0.15) is 0 Å². The van der Waals surface area contributed by atoms with Crippen molar-refractivity contribution in [3.05, 3.63) is 48.0 Å². The van der Waals surface area contributed by atoms with Crippen LogP contribution in [0, 0.1) is 11.8 Å². The quantitative estimate of drug-likeness (QED) is 0.798. The first-order valence-electron chi connectivity index (χ1n) is 6.94. The monoisotopic (exact) mass is 251 g/mol. The van der Waals surface area contributed by atoms with Crippen LogP contribution in [0.15, 0.2) is 42.5 Å². The Labute approximate surface area is 116 Å². The second-order valence-electron chi connectivity index (χ2n) is 4.73. The second-order valence-corrected chi connectivity index (χ2v) is 4.73. The van der Waals surface area contributed by atoms with Gasteiger partial charge in [-0.25, -0.2) is 0 Å². The third-order valence-corrected chi connectivity index (χ3v) is 3.36. The van der Waals surface area contributed by atoms with Crippen LogP contribution in [-0.2, 0) is 6.42 Å². The van der Waals surface area contributed by atoms with Crippen LogP contribution in [0.3, 0.4) is 0 Å². The largest absolute Gasteiger partial charge is 0.313 e. The van der Waals surface area contributed by atoms with Gasteiger partial charge in [0.05, 0.1) is 0 Å². The van der Waals surface area contributed by atoms with E-state index < -0.39 is 0 Å². The van der Waals surface area contributed by atoms with Gasteiger partial charge in [-0.05, 0) is 36.2 Å². The SMILES string of the molecule is CC#CCC(Cc1cccc2ccccc12)NCC. The molecule has 0 aromatic heterocycles. The fourth-order valence-corrected chi connectivity index (χ4v) is 2.47. The summed E-state index contributed by atoms with van der Waals surface area (Å²) in [7, 11) is 0. The fraction of sp³-hybridized carbons (Fsp3) is 0.333. The van der Waals surface area contributed by atoms with E-state index in [0.717, 1.165) is 19.4 Å². The minimum absolute atomic E-state index is 0.434.